The molecular weight excluding hydrogens is 200 g/mol. The molecule has 1 rings (SSSR count). The molecule has 0 fully saturated rings. The van der Waals surface area contributed by atoms with Crippen molar-refractivity contribution in [2.75, 3.05) is 18.6 Å². The molecule has 0 radical (unpaired) electrons. The molecule has 0 bridgehead atoms. The van der Waals surface area contributed by atoms with Gasteiger partial charge < -0.3 is 15.7 Å². The van der Waals surface area contributed by atoms with Crippen LogP contribution < -0.4 is 10.6 Å². The summed E-state index contributed by atoms with van der Waals surface area (Å²) in [6, 6.07) is 8.20. The van der Waals surface area contributed by atoms with E-state index in [0.717, 1.165) is 11.3 Å². The normalized spacial score (nSPS) is 13.6. The van der Waals surface area contributed by atoms with Crippen molar-refractivity contribution >= 4 is 5.69 Å². The molecule has 0 aromatic heterocycles. The zero-order valence-electron chi connectivity index (χ0n) is 10.6. The molecule has 3 heteroatoms. The lowest BCUT2D eigenvalue weighted by Crippen LogP contribution is -2.44. The van der Waals surface area contributed by atoms with Gasteiger partial charge in [0.15, 0.2) is 0 Å². The molecule has 1 unspecified atom stereocenters. The maximum atomic E-state index is 9.31. The maximum absolute atomic E-state index is 9.31. The van der Waals surface area contributed by atoms with Crippen molar-refractivity contribution in [2.24, 2.45) is 5.73 Å². The van der Waals surface area contributed by atoms with Crippen molar-refractivity contribution in [1.82, 2.24) is 0 Å². The van der Waals surface area contributed by atoms with Gasteiger partial charge in [0.1, 0.15) is 0 Å². The van der Waals surface area contributed by atoms with Gasteiger partial charge in [0.2, 0.25) is 0 Å². The Bertz CT molecular complexity index is 330. The molecule has 1 aromatic rings. The molecule has 0 aliphatic heterocycles. The van der Waals surface area contributed by atoms with Gasteiger partial charge in [-0.2, -0.15) is 0 Å². The van der Waals surface area contributed by atoms with E-state index in [1.165, 1.54) is 0 Å². The number of hydrogen-bond donors (Lipinski definition) is 2. The Hall–Kier alpha value is -1.06. The molecule has 0 saturated heterocycles. The van der Waals surface area contributed by atoms with Gasteiger partial charge in [-0.15, -0.1) is 0 Å². The minimum atomic E-state index is -0.254. The molecule has 0 aliphatic rings. The second-order valence-corrected chi connectivity index (χ2v) is 4.91. The summed E-state index contributed by atoms with van der Waals surface area (Å²) in [5.41, 5.74) is 7.75. The van der Waals surface area contributed by atoms with E-state index >= 15 is 0 Å². The van der Waals surface area contributed by atoms with E-state index in [9.17, 15) is 5.11 Å². The number of hydrogen-bond acceptors (Lipinski definition) is 3. The maximum Gasteiger partial charge on any atom is 0.0658 e. The van der Waals surface area contributed by atoms with Gasteiger partial charge in [0.05, 0.1) is 12.1 Å². The van der Waals surface area contributed by atoms with Crippen LogP contribution in [0.3, 0.4) is 0 Å². The first-order chi connectivity index (χ1) is 7.38. The van der Waals surface area contributed by atoms with Crippen LogP contribution in [0.2, 0.25) is 0 Å². The summed E-state index contributed by atoms with van der Waals surface area (Å²) in [4.78, 5) is 2.07. The number of likely N-dealkylation sites (N-methyl/N-ethyl adjacent to an activating group) is 1. The predicted octanol–water partition coefficient (Wildman–Crippen LogP) is 1.91. The molecule has 3 nitrogen and oxygen atoms in total. The molecule has 1 atom stereocenters. The minimum Gasteiger partial charge on any atom is -0.394 e. The summed E-state index contributed by atoms with van der Waals surface area (Å²) in [5.74, 6) is 0. The highest BCUT2D eigenvalue weighted by atomic mass is 16.3. The van der Waals surface area contributed by atoms with E-state index in [-0.39, 0.29) is 18.2 Å². The molecular formula is C13H22N2O. The van der Waals surface area contributed by atoms with Gasteiger partial charge in [-0.1, -0.05) is 12.1 Å². The fourth-order valence-electron chi connectivity index (χ4n) is 1.46. The highest BCUT2D eigenvalue weighted by molar-refractivity contribution is 5.49. The first-order valence-corrected chi connectivity index (χ1v) is 5.58. The molecule has 1 aromatic carbocycles. The van der Waals surface area contributed by atoms with Gasteiger partial charge in [-0.3, -0.25) is 0 Å². The first kappa shape index (κ1) is 13.0. The molecule has 0 aliphatic carbocycles. The van der Waals surface area contributed by atoms with E-state index in [1.54, 1.807) is 0 Å². The average molecular weight is 222 g/mol. The molecule has 90 valence electrons. The van der Waals surface area contributed by atoms with Gasteiger partial charge in [0, 0.05) is 18.8 Å². The van der Waals surface area contributed by atoms with Crippen molar-refractivity contribution in [3.05, 3.63) is 29.8 Å². The second kappa shape index (κ2) is 4.85. The Morgan fingerprint density at radius 1 is 1.31 bits per heavy atom. The van der Waals surface area contributed by atoms with Crippen LogP contribution in [-0.4, -0.2) is 24.3 Å². The third-order valence-electron chi connectivity index (χ3n) is 3.10. The second-order valence-electron chi connectivity index (χ2n) is 4.91. The fraction of sp³-hybridized carbons (Fsp3) is 0.538. The summed E-state index contributed by atoms with van der Waals surface area (Å²) in [6.45, 7) is 6.11. The highest BCUT2D eigenvalue weighted by Crippen LogP contribution is 2.23. The molecule has 16 heavy (non-hydrogen) atoms. The largest absolute Gasteiger partial charge is 0.394 e. The standard InChI is InChI=1S/C13H22N2O/c1-10(14)11-5-7-12(8-6-11)15(4)13(2,3)9-16/h5-8,10,16H,9,14H2,1-4H3. The lowest BCUT2D eigenvalue weighted by atomic mass is 10.0. The van der Waals surface area contributed by atoms with Crippen LogP contribution in [0.4, 0.5) is 5.69 Å². The van der Waals surface area contributed by atoms with Crippen LogP contribution in [0.15, 0.2) is 24.3 Å². The third-order valence-corrected chi connectivity index (χ3v) is 3.10. The summed E-state index contributed by atoms with van der Waals surface area (Å²) in [6.07, 6.45) is 0. The zero-order valence-corrected chi connectivity index (χ0v) is 10.6. The Kier molecular flexibility index (Phi) is 3.94. The van der Waals surface area contributed by atoms with E-state index in [0.29, 0.717) is 0 Å². The van der Waals surface area contributed by atoms with Crippen molar-refractivity contribution < 1.29 is 5.11 Å². The smallest absolute Gasteiger partial charge is 0.0658 e. The topological polar surface area (TPSA) is 49.5 Å². The Labute approximate surface area is 97.9 Å². The van der Waals surface area contributed by atoms with Crippen LogP contribution in [0.25, 0.3) is 0 Å². The first-order valence-electron chi connectivity index (χ1n) is 5.58. The molecule has 0 amide bonds. The number of nitrogens with two attached hydrogens (primary N) is 1. The zero-order chi connectivity index (χ0) is 12.3. The molecule has 0 heterocycles. The van der Waals surface area contributed by atoms with Crippen LogP contribution in [0, 0.1) is 0 Å². The number of benzene rings is 1. The van der Waals surface area contributed by atoms with E-state index in [2.05, 4.69) is 4.90 Å². The Balaban J connectivity index is 2.90. The number of rotatable bonds is 4. The van der Waals surface area contributed by atoms with Gasteiger partial charge in [-0.05, 0) is 38.5 Å². The lowest BCUT2D eigenvalue weighted by molar-refractivity contribution is 0.216. The van der Waals surface area contributed by atoms with Crippen LogP contribution in [-0.2, 0) is 0 Å². The summed E-state index contributed by atoms with van der Waals surface area (Å²) >= 11 is 0. The van der Waals surface area contributed by atoms with Crippen molar-refractivity contribution in [3.63, 3.8) is 0 Å². The SMILES string of the molecule is CC(N)c1ccc(N(C)C(C)(C)CO)cc1. The molecule has 0 spiro atoms. The number of nitrogens with zero attached hydrogens (tertiary/aromatic N) is 1. The molecule has 0 saturated carbocycles. The number of anilines is 1. The van der Waals surface area contributed by atoms with Crippen LogP contribution >= 0.6 is 0 Å². The summed E-state index contributed by atoms with van der Waals surface area (Å²) in [5, 5.41) is 9.31. The summed E-state index contributed by atoms with van der Waals surface area (Å²) in [7, 11) is 1.98. The van der Waals surface area contributed by atoms with E-state index in [1.807, 2.05) is 52.1 Å². The Morgan fingerprint density at radius 3 is 2.19 bits per heavy atom. The van der Waals surface area contributed by atoms with Crippen molar-refractivity contribution in [1.29, 1.82) is 0 Å². The fourth-order valence-corrected chi connectivity index (χ4v) is 1.46. The van der Waals surface area contributed by atoms with Gasteiger partial charge in [-0.25, -0.2) is 0 Å². The van der Waals surface area contributed by atoms with Crippen molar-refractivity contribution in [3.8, 4) is 0 Å². The highest BCUT2D eigenvalue weighted by Gasteiger charge is 2.22. The Morgan fingerprint density at radius 2 is 1.81 bits per heavy atom. The van der Waals surface area contributed by atoms with E-state index < -0.39 is 0 Å². The predicted molar refractivity (Wildman–Crippen MR) is 68.6 cm³/mol. The van der Waals surface area contributed by atoms with E-state index in [4.69, 9.17) is 5.73 Å². The quantitative estimate of drug-likeness (QED) is 0.818. The summed E-state index contributed by atoms with van der Waals surface area (Å²) < 4.78 is 0. The van der Waals surface area contributed by atoms with Crippen LogP contribution in [0.5, 0.6) is 0 Å². The van der Waals surface area contributed by atoms with Crippen LogP contribution in [0.1, 0.15) is 32.4 Å². The van der Waals surface area contributed by atoms with Gasteiger partial charge in [0.25, 0.3) is 0 Å². The van der Waals surface area contributed by atoms with Crippen molar-refractivity contribution in [2.45, 2.75) is 32.4 Å². The molecule has 3 N–H and O–H groups in total. The number of aliphatic hydroxyl groups is 1. The minimum absolute atomic E-state index is 0.0604. The number of aliphatic hydroxyl groups excluding tert-OH is 1. The average Bonchev–Trinajstić information content (AvgIpc) is 2.28. The van der Waals surface area contributed by atoms with Gasteiger partial charge >= 0.3 is 0 Å². The lowest BCUT2D eigenvalue weighted by Gasteiger charge is -2.36. The monoisotopic (exact) mass is 222 g/mol. The third kappa shape index (κ3) is 2.74.